The van der Waals surface area contributed by atoms with Crippen molar-refractivity contribution in [1.29, 1.82) is 0 Å². The maximum Gasteiger partial charge on any atom is 0.373 e. The molecule has 1 aromatic rings. The van der Waals surface area contributed by atoms with Crippen molar-refractivity contribution in [3.05, 3.63) is 23.7 Å². The second-order valence-electron chi connectivity index (χ2n) is 4.53. The van der Waals surface area contributed by atoms with Crippen LogP contribution in [0.2, 0.25) is 0 Å². The van der Waals surface area contributed by atoms with Crippen molar-refractivity contribution < 1.29 is 18.7 Å². The van der Waals surface area contributed by atoms with Gasteiger partial charge in [0.25, 0.3) is 0 Å². The molecule has 4 heteroatoms. The predicted octanol–water partition coefficient (Wildman–Crippen LogP) is 2.69. The maximum absolute atomic E-state index is 12.1. The van der Waals surface area contributed by atoms with E-state index >= 15 is 0 Å². The van der Waals surface area contributed by atoms with Gasteiger partial charge in [0.05, 0.1) is 7.11 Å². The molecule has 0 saturated heterocycles. The predicted molar refractivity (Wildman–Crippen MR) is 60.9 cm³/mol. The Morgan fingerprint density at radius 3 is 2.59 bits per heavy atom. The molecule has 0 N–H and O–H groups in total. The van der Waals surface area contributed by atoms with Gasteiger partial charge in [0.1, 0.15) is 0 Å². The Bertz CT molecular complexity index is 432. The number of hydrogen-bond acceptors (Lipinski definition) is 4. The second kappa shape index (κ2) is 4.73. The van der Waals surface area contributed by atoms with Gasteiger partial charge in [0, 0.05) is 5.92 Å². The van der Waals surface area contributed by atoms with E-state index in [1.165, 1.54) is 13.2 Å². The SMILES string of the molecule is COC(=O)c1ccc(C(=O)C2CCCC2C)o1. The highest BCUT2D eigenvalue weighted by molar-refractivity contribution is 5.97. The maximum atomic E-state index is 12.1. The number of furan rings is 1. The summed E-state index contributed by atoms with van der Waals surface area (Å²) in [4.78, 5) is 23.3. The van der Waals surface area contributed by atoms with Crippen molar-refractivity contribution in [2.75, 3.05) is 7.11 Å². The largest absolute Gasteiger partial charge is 0.463 e. The van der Waals surface area contributed by atoms with Gasteiger partial charge in [0.2, 0.25) is 11.5 Å². The van der Waals surface area contributed by atoms with Crippen LogP contribution in [0.1, 0.15) is 47.3 Å². The monoisotopic (exact) mass is 236 g/mol. The van der Waals surface area contributed by atoms with Crippen molar-refractivity contribution in [2.24, 2.45) is 11.8 Å². The van der Waals surface area contributed by atoms with Crippen LogP contribution in [0.25, 0.3) is 0 Å². The second-order valence-corrected chi connectivity index (χ2v) is 4.53. The third-order valence-electron chi connectivity index (χ3n) is 3.43. The Kier molecular flexibility index (Phi) is 3.31. The summed E-state index contributed by atoms with van der Waals surface area (Å²) in [5.41, 5.74) is 0. The van der Waals surface area contributed by atoms with Gasteiger partial charge in [0.15, 0.2) is 5.76 Å². The fourth-order valence-electron chi connectivity index (χ4n) is 2.40. The number of ketones is 1. The standard InChI is InChI=1S/C13H16O4/c1-8-4-3-5-9(8)12(14)10-6-7-11(17-10)13(15)16-2/h6-9H,3-5H2,1-2H3. The van der Waals surface area contributed by atoms with Crippen molar-refractivity contribution in [2.45, 2.75) is 26.2 Å². The van der Waals surface area contributed by atoms with Crippen molar-refractivity contribution in [3.63, 3.8) is 0 Å². The summed E-state index contributed by atoms with van der Waals surface area (Å²) < 4.78 is 9.77. The Hall–Kier alpha value is -1.58. The molecule has 1 aromatic heterocycles. The van der Waals surface area contributed by atoms with E-state index in [4.69, 9.17) is 4.42 Å². The van der Waals surface area contributed by atoms with Gasteiger partial charge in [-0.15, -0.1) is 0 Å². The molecule has 1 saturated carbocycles. The zero-order valence-electron chi connectivity index (χ0n) is 10.1. The van der Waals surface area contributed by atoms with E-state index < -0.39 is 5.97 Å². The highest BCUT2D eigenvalue weighted by Gasteiger charge is 2.32. The summed E-state index contributed by atoms with van der Waals surface area (Å²) >= 11 is 0. The van der Waals surface area contributed by atoms with E-state index in [0.29, 0.717) is 5.92 Å². The van der Waals surface area contributed by atoms with Crippen LogP contribution >= 0.6 is 0 Å². The zero-order valence-corrected chi connectivity index (χ0v) is 10.1. The average molecular weight is 236 g/mol. The minimum Gasteiger partial charge on any atom is -0.463 e. The molecule has 2 rings (SSSR count). The van der Waals surface area contributed by atoms with Crippen molar-refractivity contribution in [1.82, 2.24) is 0 Å². The summed E-state index contributed by atoms with van der Waals surface area (Å²) in [6.45, 7) is 2.08. The molecule has 1 aliphatic rings. The number of ether oxygens (including phenoxy) is 1. The molecule has 0 radical (unpaired) electrons. The third kappa shape index (κ3) is 2.25. The molecule has 0 bridgehead atoms. The number of rotatable bonds is 3. The minimum absolute atomic E-state index is 0.00477. The van der Waals surface area contributed by atoms with Gasteiger partial charge in [-0.2, -0.15) is 0 Å². The fourth-order valence-corrected chi connectivity index (χ4v) is 2.40. The van der Waals surface area contributed by atoms with Crippen LogP contribution in [0.5, 0.6) is 0 Å². The molecule has 1 aliphatic carbocycles. The Balaban J connectivity index is 2.14. The first kappa shape index (κ1) is 11.9. The van der Waals surface area contributed by atoms with Crippen LogP contribution in [0.4, 0.5) is 0 Å². The molecule has 1 fully saturated rings. The number of methoxy groups -OCH3 is 1. The van der Waals surface area contributed by atoms with Gasteiger partial charge in [-0.05, 0) is 30.9 Å². The number of carbonyl (C=O) groups is 2. The van der Waals surface area contributed by atoms with E-state index in [9.17, 15) is 9.59 Å². The van der Waals surface area contributed by atoms with Crippen LogP contribution < -0.4 is 0 Å². The van der Waals surface area contributed by atoms with Gasteiger partial charge < -0.3 is 9.15 Å². The molecule has 17 heavy (non-hydrogen) atoms. The third-order valence-corrected chi connectivity index (χ3v) is 3.43. The van der Waals surface area contributed by atoms with Crippen LogP contribution in [-0.4, -0.2) is 18.9 Å². The topological polar surface area (TPSA) is 56.5 Å². The first-order valence-electron chi connectivity index (χ1n) is 5.86. The number of esters is 1. The van der Waals surface area contributed by atoms with Crippen LogP contribution in [0, 0.1) is 11.8 Å². The Morgan fingerprint density at radius 2 is 2.00 bits per heavy atom. The Labute approximate surface area is 99.9 Å². The minimum atomic E-state index is -0.552. The van der Waals surface area contributed by atoms with Gasteiger partial charge in [-0.25, -0.2) is 4.79 Å². The molecule has 92 valence electrons. The van der Waals surface area contributed by atoms with Gasteiger partial charge >= 0.3 is 5.97 Å². The molecule has 0 aliphatic heterocycles. The summed E-state index contributed by atoms with van der Waals surface area (Å²) in [5, 5.41) is 0. The lowest BCUT2D eigenvalue weighted by Crippen LogP contribution is -2.16. The van der Waals surface area contributed by atoms with Crippen molar-refractivity contribution in [3.8, 4) is 0 Å². The van der Waals surface area contributed by atoms with E-state index in [1.807, 2.05) is 0 Å². The van der Waals surface area contributed by atoms with E-state index in [0.717, 1.165) is 19.3 Å². The lowest BCUT2D eigenvalue weighted by molar-refractivity contribution is 0.0562. The molecule has 4 nitrogen and oxygen atoms in total. The number of Topliss-reactive ketones (excluding diaryl/α,β-unsaturated/α-hetero) is 1. The summed E-state index contributed by atoms with van der Waals surface area (Å²) in [7, 11) is 1.28. The first-order valence-corrected chi connectivity index (χ1v) is 5.86. The van der Waals surface area contributed by atoms with E-state index in [2.05, 4.69) is 11.7 Å². The lowest BCUT2D eigenvalue weighted by Gasteiger charge is -2.11. The molecule has 0 amide bonds. The average Bonchev–Trinajstić information content (AvgIpc) is 2.95. The molecular weight excluding hydrogens is 220 g/mol. The highest BCUT2D eigenvalue weighted by atomic mass is 16.5. The van der Waals surface area contributed by atoms with Gasteiger partial charge in [-0.3, -0.25) is 4.79 Å². The van der Waals surface area contributed by atoms with E-state index in [-0.39, 0.29) is 23.2 Å². The smallest absolute Gasteiger partial charge is 0.373 e. The molecule has 0 aromatic carbocycles. The fraction of sp³-hybridized carbons (Fsp3) is 0.538. The van der Waals surface area contributed by atoms with Crippen LogP contribution in [0.3, 0.4) is 0 Å². The molecule has 2 atom stereocenters. The molecule has 2 unspecified atom stereocenters. The highest BCUT2D eigenvalue weighted by Crippen LogP contribution is 2.33. The number of hydrogen-bond donors (Lipinski definition) is 0. The van der Waals surface area contributed by atoms with Gasteiger partial charge in [-0.1, -0.05) is 13.3 Å². The zero-order chi connectivity index (χ0) is 12.4. The first-order chi connectivity index (χ1) is 8.13. The summed E-state index contributed by atoms with van der Waals surface area (Å²) in [6.07, 6.45) is 3.08. The quantitative estimate of drug-likeness (QED) is 0.598. The summed E-state index contributed by atoms with van der Waals surface area (Å²) in [5.74, 6) is 0.236. The molecule has 0 spiro atoms. The summed E-state index contributed by atoms with van der Waals surface area (Å²) in [6, 6.07) is 3.04. The molecule has 1 heterocycles. The lowest BCUT2D eigenvalue weighted by atomic mass is 9.92. The normalized spacial score (nSPS) is 23.6. The number of carbonyl (C=O) groups excluding carboxylic acids is 2. The van der Waals surface area contributed by atoms with Crippen molar-refractivity contribution >= 4 is 11.8 Å². The Morgan fingerprint density at radius 1 is 1.29 bits per heavy atom. The molecular formula is C13H16O4. The van der Waals surface area contributed by atoms with Crippen LogP contribution in [0.15, 0.2) is 16.5 Å². The van der Waals surface area contributed by atoms with E-state index in [1.54, 1.807) is 6.07 Å². The van der Waals surface area contributed by atoms with Crippen LogP contribution in [-0.2, 0) is 4.74 Å².